The number of amides is 1. The van der Waals surface area contributed by atoms with E-state index in [1.54, 1.807) is 32.7 Å². The van der Waals surface area contributed by atoms with E-state index in [0.717, 1.165) is 5.56 Å². The van der Waals surface area contributed by atoms with Crippen LogP contribution in [0.2, 0.25) is 0 Å². The second-order valence-corrected chi connectivity index (χ2v) is 4.25. The Morgan fingerprint density at radius 3 is 2.75 bits per heavy atom. The summed E-state index contributed by atoms with van der Waals surface area (Å²) in [5.41, 5.74) is 0.877. The molecule has 20 heavy (non-hydrogen) atoms. The lowest BCUT2D eigenvalue weighted by molar-refractivity contribution is 0.239. The number of benzene rings is 1. The number of hydrogen-bond acceptors (Lipinski definition) is 4. The highest BCUT2D eigenvalue weighted by molar-refractivity contribution is 5.77. The highest BCUT2D eigenvalue weighted by atomic mass is 16.5. The zero-order valence-corrected chi connectivity index (χ0v) is 11.7. The van der Waals surface area contributed by atoms with Crippen molar-refractivity contribution in [3.63, 3.8) is 0 Å². The van der Waals surface area contributed by atoms with E-state index < -0.39 is 0 Å². The van der Waals surface area contributed by atoms with Crippen molar-refractivity contribution >= 4 is 6.03 Å². The van der Waals surface area contributed by atoms with E-state index in [2.05, 4.69) is 10.3 Å². The number of aromatic nitrogens is 2. The fraction of sp³-hybridized carbons (Fsp3) is 0.286. The molecule has 0 bridgehead atoms. The topological polar surface area (TPSA) is 65.4 Å². The summed E-state index contributed by atoms with van der Waals surface area (Å²) in [6.45, 7) is 1.89. The summed E-state index contributed by atoms with van der Waals surface area (Å²) in [5, 5.41) is 2.87. The molecule has 1 heterocycles. The number of carbonyl (C=O) groups excluding carboxylic acids is 1. The zero-order valence-electron chi connectivity index (χ0n) is 11.7. The molecule has 1 amide bonds. The standard InChI is InChI=1S/C14H17N3O3/c1-10(16-14(18)17-7-6-15-9-17)12-5-4-11(19-2)8-13(12)20-3/h4-10H,1-3H3,(H,16,18). The first-order valence-corrected chi connectivity index (χ1v) is 6.16. The lowest BCUT2D eigenvalue weighted by atomic mass is 10.1. The minimum absolute atomic E-state index is 0.203. The van der Waals surface area contributed by atoms with E-state index in [1.165, 1.54) is 10.9 Å². The maximum Gasteiger partial charge on any atom is 0.327 e. The molecule has 1 aromatic heterocycles. The number of methoxy groups -OCH3 is 2. The molecule has 2 rings (SSSR count). The van der Waals surface area contributed by atoms with Crippen LogP contribution in [0.1, 0.15) is 18.5 Å². The second kappa shape index (κ2) is 6.10. The van der Waals surface area contributed by atoms with Crippen LogP contribution in [0, 0.1) is 0 Å². The quantitative estimate of drug-likeness (QED) is 0.929. The summed E-state index contributed by atoms with van der Waals surface area (Å²) >= 11 is 0. The summed E-state index contributed by atoms with van der Waals surface area (Å²) < 4.78 is 11.9. The Labute approximate surface area is 117 Å². The lowest BCUT2D eigenvalue weighted by Gasteiger charge is -2.18. The Morgan fingerprint density at radius 2 is 2.15 bits per heavy atom. The number of imidazole rings is 1. The molecule has 1 atom stereocenters. The van der Waals surface area contributed by atoms with Crippen molar-refractivity contribution < 1.29 is 14.3 Å². The molecule has 6 heteroatoms. The molecule has 0 radical (unpaired) electrons. The summed E-state index contributed by atoms with van der Waals surface area (Å²) in [5.74, 6) is 1.38. The average molecular weight is 275 g/mol. The molecule has 0 aliphatic heterocycles. The number of nitrogens with one attached hydrogen (secondary N) is 1. The predicted octanol–water partition coefficient (Wildman–Crippen LogP) is 2.22. The molecule has 1 N–H and O–H groups in total. The minimum atomic E-state index is -0.243. The molecule has 0 saturated heterocycles. The fourth-order valence-corrected chi connectivity index (χ4v) is 1.89. The van der Waals surface area contributed by atoms with Gasteiger partial charge < -0.3 is 14.8 Å². The van der Waals surface area contributed by atoms with Crippen molar-refractivity contribution in [1.29, 1.82) is 0 Å². The highest BCUT2D eigenvalue weighted by Crippen LogP contribution is 2.29. The molecule has 106 valence electrons. The molecule has 0 aliphatic carbocycles. The third-order valence-electron chi connectivity index (χ3n) is 2.99. The van der Waals surface area contributed by atoms with Crippen LogP contribution in [-0.4, -0.2) is 29.8 Å². The van der Waals surface area contributed by atoms with Crippen LogP contribution in [-0.2, 0) is 0 Å². The first-order valence-electron chi connectivity index (χ1n) is 6.16. The molecule has 0 spiro atoms. The third kappa shape index (κ3) is 2.90. The SMILES string of the molecule is COc1ccc(C(C)NC(=O)n2ccnc2)c(OC)c1. The van der Waals surface area contributed by atoms with Gasteiger partial charge in [0.05, 0.1) is 20.3 Å². The molecule has 0 saturated carbocycles. The van der Waals surface area contributed by atoms with E-state index >= 15 is 0 Å². The Morgan fingerprint density at radius 1 is 1.35 bits per heavy atom. The van der Waals surface area contributed by atoms with E-state index in [-0.39, 0.29) is 12.1 Å². The highest BCUT2D eigenvalue weighted by Gasteiger charge is 2.15. The number of carbonyl (C=O) groups is 1. The van der Waals surface area contributed by atoms with Crippen molar-refractivity contribution in [3.05, 3.63) is 42.5 Å². The van der Waals surface area contributed by atoms with Crippen LogP contribution < -0.4 is 14.8 Å². The third-order valence-corrected chi connectivity index (χ3v) is 2.99. The van der Waals surface area contributed by atoms with Gasteiger partial charge in [-0.3, -0.25) is 4.57 Å². The van der Waals surface area contributed by atoms with Gasteiger partial charge in [-0.05, 0) is 19.1 Å². The predicted molar refractivity (Wildman–Crippen MR) is 74.1 cm³/mol. The Bertz CT molecular complexity index is 581. The Hall–Kier alpha value is -2.50. The van der Waals surface area contributed by atoms with Crippen LogP contribution in [0.25, 0.3) is 0 Å². The van der Waals surface area contributed by atoms with Gasteiger partial charge >= 0.3 is 6.03 Å². The van der Waals surface area contributed by atoms with Gasteiger partial charge in [-0.25, -0.2) is 9.78 Å². The normalized spacial score (nSPS) is 11.8. The van der Waals surface area contributed by atoms with Crippen molar-refractivity contribution in [1.82, 2.24) is 14.9 Å². The molecular weight excluding hydrogens is 258 g/mol. The molecular formula is C14H17N3O3. The van der Waals surface area contributed by atoms with Gasteiger partial charge in [-0.2, -0.15) is 0 Å². The van der Waals surface area contributed by atoms with Crippen molar-refractivity contribution in [2.45, 2.75) is 13.0 Å². The van der Waals surface area contributed by atoms with Gasteiger partial charge in [0.25, 0.3) is 0 Å². The molecule has 1 unspecified atom stereocenters. The van der Waals surface area contributed by atoms with Crippen LogP contribution in [0.15, 0.2) is 36.9 Å². The maximum atomic E-state index is 12.0. The Kier molecular flexibility index (Phi) is 4.24. The van der Waals surface area contributed by atoms with Crippen LogP contribution in [0.5, 0.6) is 11.5 Å². The second-order valence-electron chi connectivity index (χ2n) is 4.25. The summed E-state index contributed by atoms with van der Waals surface area (Å²) in [6, 6.07) is 5.04. The van der Waals surface area contributed by atoms with Gasteiger partial charge in [0.15, 0.2) is 0 Å². The summed E-state index contributed by atoms with van der Waals surface area (Å²) in [7, 11) is 3.18. The fourth-order valence-electron chi connectivity index (χ4n) is 1.89. The van der Waals surface area contributed by atoms with Gasteiger partial charge in [0.1, 0.15) is 17.8 Å². The molecule has 6 nitrogen and oxygen atoms in total. The zero-order chi connectivity index (χ0) is 14.5. The van der Waals surface area contributed by atoms with Crippen LogP contribution >= 0.6 is 0 Å². The van der Waals surface area contributed by atoms with E-state index in [1.807, 2.05) is 19.1 Å². The van der Waals surface area contributed by atoms with Gasteiger partial charge in [-0.15, -0.1) is 0 Å². The monoisotopic (exact) mass is 275 g/mol. The molecule has 1 aromatic carbocycles. The van der Waals surface area contributed by atoms with E-state index in [0.29, 0.717) is 11.5 Å². The molecule has 2 aromatic rings. The average Bonchev–Trinajstić information content (AvgIpc) is 3.00. The summed E-state index contributed by atoms with van der Waals surface area (Å²) in [6.07, 6.45) is 4.60. The minimum Gasteiger partial charge on any atom is -0.497 e. The maximum absolute atomic E-state index is 12.0. The lowest BCUT2D eigenvalue weighted by Crippen LogP contribution is -2.30. The van der Waals surface area contributed by atoms with Gasteiger partial charge in [-0.1, -0.05) is 0 Å². The van der Waals surface area contributed by atoms with E-state index in [9.17, 15) is 4.79 Å². The first kappa shape index (κ1) is 13.9. The van der Waals surface area contributed by atoms with E-state index in [4.69, 9.17) is 9.47 Å². The van der Waals surface area contributed by atoms with Crippen LogP contribution in [0.4, 0.5) is 4.79 Å². The largest absolute Gasteiger partial charge is 0.497 e. The number of rotatable bonds is 4. The Balaban J connectivity index is 2.16. The summed E-state index contributed by atoms with van der Waals surface area (Å²) in [4.78, 5) is 15.8. The molecule has 0 fully saturated rings. The smallest absolute Gasteiger partial charge is 0.327 e. The van der Waals surface area contributed by atoms with Crippen LogP contribution in [0.3, 0.4) is 0 Å². The van der Waals surface area contributed by atoms with Crippen molar-refractivity contribution in [2.24, 2.45) is 0 Å². The number of nitrogens with zero attached hydrogens (tertiary/aromatic N) is 2. The first-order chi connectivity index (χ1) is 9.65. The van der Waals surface area contributed by atoms with Crippen molar-refractivity contribution in [2.75, 3.05) is 14.2 Å². The number of ether oxygens (including phenoxy) is 2. The van der Waals surface area contributed by atoms with Crippen molar-refractivity contribution in [3.8, 4) is 11.5 Å². The number of hydrogen-bond donors (Lipinski definition) is 1. The van der Waals surface area contributed by atoms with Gasteiger partial charge in [0.2, 0.25) is 0 Å². The van der Waals surface area contributed by atoms with Gasteiger partial charge in [0, 0.05) is 24.0 Å². The molecule has 0 aliphatic rings.